The van der Waals surface area contributed by atoms with Crippen molar-refractivity contribution >= 4 is 11.8 Å². The Balaban J connectivity index is 1.89. The smallest absolute Gasteiger partial charge is 0.253 e. The van der Waals surface area contributed by atoms with E-state index in [-0.39, 0.29) is 23.3 Å². The van der Waals surface area contributed by atoms with Gasteiger partial charge in [0, 0.05) is 31.1 Å². The van der Waals surface area contributed by atoms with Crippen molar-refractivity contribution in [3.63, 3.8) is 0 Å². The van der Waals surface area contributed by atoms with E-state index in [0.717, 1.165) is 12.1 Å². The summed E-state index contributed by atoms with van der Waals surface area (Å²) < 4.78 is 26.2. The van der Waals surface area contributed by atoms with Crippen LogP contribution in [-0.4, -0.2) is 36.3 Å². The molecule has 0 bridgehead atoms. The van der Waals surface area contributed by atoms with Gasteiger partial charge < -0.3 is 10.2 Å². The number of carbonyl (C=O) groups excluding carboxylic acids is 2. The Kier molecular flexibility index (Phi) is 5.69. The van der Waals surface area contributed by atoms with Gasteiger partial charge >= 0.3 is 0 Å². The first-order chi connectivity index (χ1) is 10.9. The number of halogens is 2. The summed E-state index contributed by atoms with van der Waals surface area (Å²) in [4.78, 5) is 25.9. The predicted molar refractivity (Wildman–Crippen MR) is 82.8 cm³/mol. The Morgan fingerprint density at radius 3 is 2.43 bits per heavy atom. The average Bonchev–Trinajstić information content (AvgIpc) is 2.54. The summed E-state index contributed by atoms with van der Waals surface area (Å²) in [6.07, 6.45) is 1.17. The molecule has 0 aromatic heterocycles. The lowest BCUT2D eigenvalue weighted by molar-refractivity contribution is -0.126. The predicted octanol–water partition coefficient (Wildman–Crippen LogP) is 2.59. The van der Waals surface area contributed by atoms with Crippen LogP contribution in [0.25, 0.3) is 0 Å². The highest BCUT2D eigenvalue weighted by molar-refractivity contribution is 5.94. The van der Waals surface area contributed by atoms with Crippen molar-refractivity contribution in [2.45, 2.75) is 26.7 Å². The average molecular weight is 324 g/mol. The molecular formula is C17H22F2N2O2. The molecule has 1 aromatic carbocycles. The Bertz CT molecular complexity index is 582. The van der Waals surface area contributed by atoms with Gasteiger partial charge in [0.25, 0.3) is 5.91 Å². The highest BCUT2D eigenvalue weighted by Crippen LogP contribution is 2.20. The summed E-state index contributed by atoms with van der Waals surface area (Å²) in [5, 5.41) is 2.91. The van der Waals surface area contributed by atoms with Crippen LogP contribution in [0.5, 0.6) is 0 Å². The van der Waals surface area contributed by atoms with Gasteiger partial charge in [0.2, 0.25) is 5.91 Å². The van der Waals surface area contributed by atoms with E-state index in [1.165, 1.54) is 6.07 Å². The number of nitrogens with zero attached hydrogens (tertiary/aromatic N) is 1. The Morgan fingerprint density at radius 2 is 1.87 bits per heavy atom. The quantitative estimate of drug-likeness (QED) is 0.925. The normalized spacial score (nSPS) is 15.8. The minimum absolute atomic E-state index is 0.0265. The molecule has 1 saturated heterocycles. The third kappa shape index (κ3) is 4.50. The summed E-state index contributed by atoms with van der Waals surface area (Å²) in [6, 6.07) is 3.15. The van der Waals surface area contributed by atoms with Gasteiger partial charge in [-0.05, 0) is 37.0 Å². The molecule has 126 valence electrons. The topological polar surface area (TPSA) is 49.4 Å². The van der Waals surface area contributed by atoms with E-state index in [0.29, 0.717) is 38.4 Å². The van der Waals surface area contributed by atoms with E-state index in [1.807, 2.05) is 13.8 Å². The van der Waals surface area contributed by atoms with Crippen molar-refractivity contribution in [1.82, 2.24) is 10.2 Å². The first-order valence-corrected chi connectivity index (χ1v) is 7.90. The number of nitrogens with one attached hydrogen (secondary N) is 1. The van der Waals surface area contributed by atoms with Gasteiger partial charge in [0.05, 0.1) is 0 Å². The van der Waals surface area contributed by atoms with Crippen molar-refractivity contribution in [3.8, 4) is 0 Å². The number of likely N-dealkylation sites (tertiary alicyclic amines) is 1. The number of benzene rings is 1. The third-order valence-electron chi connectivity index (χ3n) is 4.00. The fraction of sp³-hybridized carbons (Fsp3) is 0.529. The third-order valence-corrected chi connectivity index (χ3v) is 4.00. The lowest BCUT2D eigenvalue weighted by atomic mass is 9.95. The van der Waals surface area contributed by atoms with Gasteiger partial charge in [-0.1, -0.05) is 13.8 Å². The largest absolute Gasteiger partial charge is 0.356 e. The molecule has 4 nitrogen and oxygen atoms in total. The minimum atomic E-state index is -1.03. The molecule has 0 saturated carbocycles. The van der Waals surface area contributed by atoms with Crippen LogP contribution >= 0.6 is 0 Å². The molecule has 1 heterocycles. The highest BCUT2D eigenvalue weighted by Gasteiger charge is 2.28. The molecule has 1 N–H and O–H groups in total. The number of hydrogen-bond donors (Lipinski definition) is 1. The maximum Gasteiger partial charge on any atom is 0.253 e. The Morgan fingerprint density at radius 1 is 1.22 bits per heavy atom. The summed E-state index contributed by atoms with van der Waals surface area (Å²) in [7, 11) is 0. The molecular weight excluding hydrogens is 302 g/mol. The van der Waals surface area contributed by atoms with E-state index < -0.39 is 11.6 Å². The lowest BCUT2D eigenvalue weighted by Crippen LogP contribution is -2.43. The number of rotatable bonds is 4. The van der Waals surface area contributed by atoms with Crippen LogP contribution in [0.2, 0.25) is 0 Å². The molecule has 1 aliphatic heterocycles. The molecule has 0 spiro atoms. The number of hydrogen-bond acceptors (Lipinski definition) is 2. The second kappa shape index (κ2) is 7.53. The van der Waals surface area contributed by atoms with Crippen molar-refractivity contribution in [3.05, 3.63) is 35.4 Å². The fourth-order valence-corrected chi connectivity index (χ4v) is 2.61. The van der Waals surface area contributed by atoms with Crippen molar-refractivity contribution in [1.29, 1.82) is 0 Å². The van der Waals surface area contributed by atoms with Crippen LogP contribution in [0.15, 0.2) is 18.2 Å². The minimum Gasteiger partial charge on any atom is -0.356 e. The molecule has 23 heavy (non-hydrogen) atoms. The van der Waals surface area contributed by atoms with Gasteiger partial charge in [-0.15, -0.1) is 0 Å². The van der Waals surface area contributed by atoms with Crippen molar-refractivity contribution in [2.75, 3.05) is 19.6 Å². The Hall–Kier alpha value is -1.98. The van der Waals surface area contributed by atoms with Crippen molar-refractivity contribution in [2.24, 2.45) is 11.8 Å². The first kappa shape index (κ1) is 17.4. The molecule has 1 fully saturated rings. The van der Waals surface area contributed by atoms with Crippen LogP contribution in [-0.2, 0) is 4.79 Å². The van der Waals surface area contributed by atoms with Crippen LogP contribution < -0.4 is 5.32 Å². The highest BCUT2D eigenvalue weighted by atomic mass is 19.2. The van der Waals surface area contributed by atoms with E-state index in [1.54, 1.807) is 4.90 Å². The lowest BCUT2D eigenvalue weighted by Gasteiger charge is -2.31. The molecule has 0 atom stereocenters. The first-order valence-electron chi connectivity index (χ1n) is 7.90. The SMILES string of the molecule is CC(C)CNC(=O)C1CCN(C(=O)c2ccc(F)c(F)c2)CC1. The van der Waals surface area contributed by atoms with Crippen LogP contribution in [0.3, 0.4) is 0 Å². The van der Waals surface area contributed by atoms with Gasteiger partial charge in [-0.2, -0.15) is 0 Å². The molecule has 0 radical (unpaired) electrons. The standard InChI is InChI=1S/C17H22F2N2O2/c1-11(2)10-20-16(22)12-5-7-21(8-6-12)17(23)13-3-4-14(18)15(19)9-13/h3-4,9,11-12H,5-8,10H2,1-2H3,(H,20,22). The molecule has 2 amide bonds. The van der Waals surface area contributed by atoms with E-state index in [2.05, 4.69) is 5.32 Å². The van der Waals surface area contributed by atoms with Crippen LogP contribution in [0, 0.1) is 23.5 Å². The second-order valence-electron chi connectivity index (χ2n) is 6.33. The monoisotopic (exact) mass is 324 g/mol. The zero-order chi connectivity index (χ0) is 17.0. The molecule has 0 aliphatic carbocycles. The zero-order valence-corrected chi connectivity index (χ0v) is 13.4. The van der Waals surface area contributed by atoms with Crippen molar-refractivity contribution < 1.29 is 18.4 Å². The van der Waals surface area contributed by atoms with Gasteiger partial charge in [0.1, 0.15) is 0 Å². The Labute approximate surface area is 134 Å². The molecule has 2 rings (SSSR count). The molecule has 0 unspecified atom stereocenters. The second-order valence-corrected chi connectivity index (χ2v) is 6.33. The van der Waals surface area contributed by atoms with Gasteiger partial charge in [0.15, 0.2) is 11.6 Å². The van der Waals surface area contributed by atoms with Crippen LogP contribution in [0.4, 0.5) is 8.78 Å². The summed E-state index contributed by atoms with van der Waals surface area (Å²) >= 11 is 0. The number of piperidine rings is 1. The molecule has 1 aromatic rings. The number of carbonyl (C=O) groups is 2. The molecule has 6 heteroatoms. The fourth-order valence-electron chi connectivity index (χ4n) is 2.61. The van der Waals surface area contributed by atoms with Gasteiger partial charge in [-0.25, -0.2) is 8.78 Å². The summed E-state index contributed by atoms with van der Waals surface area (Å²) in [6.45, 7) is 5.59. The summed E-state index contributed by atoms with van der Waals surface area (Å²) in [5.41, 5.74) is 0.131. The van der Waals surface area contributed by atoms with E-state index in [4.69, 9.17) is 0 Å². The maximum atomic E-state index is 13.2. The summed E-state index contributed by atoms with van der Waals surface area (Å²) in [5.74, 6) is -2.00. The van der Waals surface area contributed by atoms with E-state index in [9.17, 15) is 18.4 Å². The molecule has 1 aliphatic rings. The van der Waals surface area contributed by atoms with Gasteiger partial charge in [-0.3, -0.25) is 9.59 Å². The maximum absolute atomic E-state index is 13.2. The number of amides is 2. The van der Waals surface area contributed by atoms with E-state index >= 15 is 0 Å². The zero-order valence-electron chi connectivity index (χ0n) is 13.4. The van der Waals surface area contributed by atoms with Crippen LogP contribution in [0.1, 0.15) is 37.0 Å².